The van der Waals surface area contributed by atoms with Gasteiger partial charge >= 0.3 is 11.9 Å². The number of carboxylic acids is 2. The van der Waals surface area contributed by atoms with Crippen LogP contribution in [-0.2, 0) is 27.2 Å². The number of aryl methyl sites for hydroxylation is 2. The molecule has 5 rings (SSSR count). The molecule has 2 bridgehead atoms. The molecule has 0 radical (unpaired) electrons. The number of hydrogen-bond donors (Lipinski definition) is 2. The van der Waals surface area contributed by atoms with E-state index in [-0.39, 0.29) is 12.2 Å². The van der Waals surface area contributed by atoms with Gasteiger partial charge in [-0.25, -0.2) is 9.59 Å². The SMILES string of the molecule is C[N+]1(CC#N)[C@@H]2CC[C@H]1CC(OC1c3ccccc3CCc3ccccc31)C2.O=C(O)/C=C\C(=O)O. The zero-order chi connectivity index (χ0) is 25.7. The van der Waals surface area contributed by atoms with E-state index in [4.69, 9.17) is 14.9 Å². The Hall–Kier alpha value is -3.47. The predicted octanol–water partition coefficient (Wildman–Crippen LogP) is 4.27. The number of carboxylic acid groups (broad SMARTS) is 2. The second-order valence-corrected chi connectivity index (χ2v) is 10.1. The molecule has 2 aliphatic heterocycles. The van der Waals surface area contributed by atoms with Crippen LogP contribution in [0.25, 0.3) is 0 Å². The summed E-state index contributed by atoms with van der Waals surface area (Å²) in [6, 6.07) is 21.2. The second kappa shape index (κ2) is 11.1. The Bertz CT molecular complexity index is 1110. The highest BCUT2D eigenvalue weighted by Gasteiger charge is 2.52. The molecule has 0 spiro atoms. The van der Waals surface area contributed by atoms with Crippen molar-refractivity contribution in [3.05, 3.63) is 82.9 Å². The average Bonchev–Trinajstić information content (AvgIpc) is 3.02. The number of piperidine rings is 1. The lowest BCUT2D eigenvalue weighted by atomic mass is 9.94. The number of quaternary nitrogens is 1. The summed E-state index contributed by atoms with van der Waals surface area (Å²) in [7, 11) is 2.29. The molecule has 0 saturated carbocycles. The highest BCUT2D eigenvalue weighted by atomic mass is 16.5. The quantitative estimate of drug-likeness (QED) is 0.369. The van der Waals surface area contributed by atoms with E-state index in [1.165, 1.54) is 35.1 Å². The fraction of sp³-hybridized carbons (Fsp3) is 0.414. The van der Waals surface area contributed by atoms with Crippen molar-refractivity contribution in [2.45, 2.75) is 62.8 Å². The summed E-state index contributed by atoms with van der Waals surface area (Å²) in [6.07, 6.45) is 8.23. The van der Waals surface area contributed by atoms with E-state index in [0.717, 1.165) is 30.2 Å². The lowest BCUT2D eigenvalue weighted by Gasteiger charge is -2.46. The van der Waals surface area contributed by atoms with Gasteiger partial charge in [0.1, 0.15) is 12.2 Å². The van der Waals surface area contributed by atoms with Gasteiger partial charge in [0, 0.05) is 37.8 Å². The summed E-state index contributed by atoms with van der Waals surface area (Å²) in [4.78, 5) is 19.1. The molecule has 3 aliphatic rings. The van der Waals surface area contributed by atoms with Crippen LogP contribution >= 0.6 is 0 Å². The van der Waals surface area contributed by atoms with Crippen molar-refractivity contribution in [2.75, 3.05) is 13.6 Å². The van der Waals surface area contributed by atoms with Crippen LogP contribution in [-0.4, -0.2) is 58.4 Å². The van der Waals surface area contributed by atoms with Crippen LogP contribution in [0.1, 0.15) is 54.0 Å². The van der Waals surface area contributed by atoms with Crippen molar-refractivity contribution in [3.8, 4) is 6.07 Å². The maximum Gasteiger partial charge on any atom is 0.328 e. The van der Waals surface area contributed by atoms with Crippen molar-refractivity contribution in [3.63, 3.8) is 0 Å². The van der Waals surface area contributed by atoms with Crippen molar-refractivity contribution in [2.24, 2.45) is 0 Å². The van der Waals surface area contributed by atoms with E-state index in [9.17, 15) is 14.9 Å². The van der Waals surface area contributed by atoms with Crippen LogP contribution in [0, 0.1) is 11.3 Å². The van der Waals surface area contributed by atoms with E-state index < -0.39 is 11.9 Å². The molecule has 7 nitrogen and oxygen atoms in total. The molecule has 0 aromatic heterocycles. The molecular weight excluding hydrogens is 456 g/mol. The minimum atomic E-state index is -1.26. The predicted molar refractivity (Wildman–Crippen MR) is 134 cm³/mol. The van der Waals surface area contributed by atoms with Crippen molar-refractivity contribution in [1.82, 2.24) is 0 Å². The third-order valence-corrected chi connectivity index (χ3v) is 8.02. The fourth-order valence-corrected chi connectivity index (χ4v) is 6.17. The molecule has 7 heteroatoms. The number of aliphatic carboxylic acids is 2. The van der Waals surface area contributed by atoms with Gasteiger partial charge in [-0.05, 0) is 35.1 Å². The molecule has 36 heavy (non-hydrogen) atoms. The van der Waals surface area contributed by atoms with E-state index in [1.807, 2.05) is 0 Å². The summed E-state index contributed by atoms with van der Waals surface area (Å²) in [6.45, 7) is 0.636. The Labute approximate surface area is 211 Å². The van der Waals surface area contributed by atoms with Gasteiger partial charge in [0.15, 0.2) is 6.54 Å². The average molecular weight is 490 g/mol. The van der Waals surface area contributed by atoms with E-state index in [1.54, 1.807) is 0 Å². The molecule has 2 heterocycles. The highest BCUT2D eigenvalue weighted by Crippen LogP contribution is 2.44. The first-order chi connectivity index (χ1) is 17.3. The maximum atomic E-state index is 9.55. The van der Waals surface area contributed by atoms with Crippen LogP contribution < -0.4 is 0 Å². The molecule has 2 unspecified atom stereocenters. The molecule has 1 aliphatic carbocycles. The van der Waals surface area contributed by atoms with Gasteiger partial charge in [-0.15, -0.1) is 0 Å². The number of rotatable bonds is 5. The number of nitriles is 1. The monoisotopic (exact) mass is 489 g/mol. The van der Waals surface area contributed by atoms with Gasteiger partial charge in [-0.1, -0.05) is 48.5 Å². The van der Waals surface area contributed by atoms with Crippen molar-refractivity contribution < 1.29 is 29.0 Å². The van der Waals surface area contributed by atoms with Crippen LogP contribution in [0.3, 0.4) is 0 Å². The summed E-state index contributed by atoms with van der Waals surface area (Å²) in [5, 5.41) is 25.0. The van der Waals surface area contributed by atoms with Crippen molar-refractivity contribution in [1.29, 1.82) is 5.26 Å². The molecule has 188 valence electrons. The van der Waals surface area contributed by atoms with Gasteiger partial charge in [0.25, 0.3) is 0 Å². The van der Waals surface area contributed by atoms with E-state index in [0.29, 0.717) is 30.8 Å². The van der Waals surface area contributed by atoms with Gasteiger partial charge in [-0.3, -0.25) is 0 Å². The zero-order valence-corrected chi connectivity index (χ0v) is 20.5. The lowest BCUT2D eigenvalue weighted by Crippen LogP contribution is -2.59. The van der Waals surface area contributed by atoms with Gasteiger partial charge in [0.2, 0.25) is 0 Å². The first-order valence-electron chi connectivity index (χ1n) is 12.5. The van der Waals surface area contributed by atoms with Crippen LogP contribution in [0.15, 0.2) is 60.7 Å². The molecule has 2 saturated heterocycles. The number of ether oxygens (including phenoxy) is 1. The Morgan fingerprint density at radius 1 is 0.944 bits per heavy atom. The number of fused-ring (bicyclic) bond motifs is 4. The summed E-state index contributed by atoms with van der Waals surface area (Å²) in [5.74, 6) is -2.51. The van der Waals surface area contributed by atoms with Crippen LogP contribution in [0.2, 0.25) is 0 Å². The first-order valence-corrected chi connectivity index (χ1v) is 12.5. The maximum absolute atomic E-state index is 9.55. The molecule has 2 aromatic rings. The van der Waals surface area contributed by atoms with E-state index in [2.05, 4.69) is 61.6 Å². The summed E-state index contributed by atoms with van der Waals surface area (Å²) < 4.78 is 7.86. The molecule has 0 amide bonds. The fourth-order valence-electron chi connectivity index (χ4n) is 6.17. The summed E-state index contributed by atoms with van der Waals surface area (Å²) in [5.41, 5.74) is 5.54. The largest absolute Gasteiger partial charge is 0.478 e. The highest BCUT2D eigenvalue weighted by molar-refractivity contribution is 5.89. The van der Waals surface area contributed by atoms with Crippen molar-refractivity contribution >= 4 is 11.9 Å². The number of hydrogen-bond acceptors (Lipinski definition) is 4. The summed E-state index contributed by atoms with van der Waals surface area (Å²) >= 11 is 0. The van der Waals surface area contributed by atoms with Gasteiger partial charge in [-0.2, -0.15) is 5.26 Å². The van der Waals surface area contributed by atoms with Crippen LogP contribution in [0.5, 0.6) is 0 Å². The lowest BCUT2D eigenvalue weighted by molar-refractivity contribution is -0.943. The van der Waals surface area contributed by atoms with Crippen LogP contribution in [0.4, 0.5) is 0 Å². The Morgan fingerprint density at radius 2 is 1.42 bits per heavy atom. The zero-order valence-electron chi connectivity index (χ0n) is 20.5. The third kappa shape index (κ3) is 5.51. The standard InChI is InChI=1S/C25H29N2O.C4H4O4/c1-27(15-14-26)20-12-13-21(27)17-22(16-20)28-25-23-8-4-2-6-18(23)10-11-19-7-3-5-9-24(19)25;5-3(6)1-2-4(7)8/h2-9,20-22,25H,10-13,15-17H2,1H3;1-2H,(H,5,6)(H,7,8)/q+1;/b;2-1-/t20-,21+,22?,27?;. The molecule has 2 fully saturated rings. The van der Waals surface area contributed by atoms with E-state index >= 15 is 0 Å². The smallest absolute Gasteiger partial charge is 0.328 e. The van der Waals surface area contributed by atoms with Gasteiger partial charge in [0.05, 0.1) is 25.2 Å². The Kier molecular flexibility index (Phi) is 7.88. The third-order valence-electron chi connectivity index (χ3n) is 8.02. The Morgan fingerprint density at radius 3 is 1.86 bits per heavy atom. The van der Waals surface area contributed by atoms with Gasteiger partial charge < -0.3 is 19.4 Å². The normalized spacial score (nSPS) is 26.6. The molecular formula is C29H33N2O5+. The second-order valence-electron chi connectivity index (χ2n) is 10.1. The Balaban J connectivity index is 0.000000331. The molecule has 4 atom stereocenters. The topological polar surface area (TPSA) is 108 Å². The molecule has 2 aromatic carbocycles. The minimum Gasteiger partial charge on any atom is -0.478 e. The number of carbonyl (C=O) groups is 2. The first kappa shape index (κ1) is 25.6. The minimum absolute atomic E-state index is 0.0344. The molecule has 2 N–H and O–H groups in total. The number of benzene rings is 2. The number of nitrogens with zero attached hydrogens (tertiary/aromatic N) is 2.